The van der Waals surface area contributed by atoms with E-state index in [0.29, 0.717) is 5.15 Å². The summed E-state index contributed by atoms with van der Waals surface area (Å²) >= 11 is 7.97. The lowest BCUT2D eigenvalue weighted by Gasteiger charge is -2.15. The summed E-state index contributed by atoms with van der Waals surface area (Å²) in [5.74, 6) is 0. The van der Waals surface area contributed by atoms with Gasteiger partial charge < -0.3 is 10.4 Å². The second-order valence-corrected chi connectivity index (χ2v) is 4.59. The molecule has 0 radical (unpaired) electrons. The lowest BCUT2D eigenvalue weighted by atomic mass is 10.2. The van der Waals surface area contributed by atoms with E-state index in [2.05, 4.69) is 32.9 Å². The lowest BCUT2D eigenvalue weighted by Crippen LogP contribution is -2.17. The van der Waals surface area contributed by atoms with Gasteiger partial charge in [0.2, 0.25) is 0 Å². The van der Waals surface area contributed by atoms with E-state index in [0.717, 1.165) is 15.7 Å². The highest BCUT2D eigenvalue weighted by Crippen LogP contribution is 2.21. The lowest BCUT2D eigenvalue weighted by molar-refractivity contribution is 0.282. The molecular weight excluding hydrogens is 314 g/mol. The Morgan fingerprint density at radius 3 is 3.07 bits per heavy atom. The van der Waals surface area contributed by atoms with Crippen LogP contribution in [0.25, 0.3) is 0 Å². The van der Waals surface area contributed by atoms with Gasteiger partial charge >= 0.3 is 0 Å². The smallest absolute Gasteiger partial charge is 0.131 e. The Morgan fingerprint density at radius 1 is 1.71 bits per heavy atom. The second kappa shape index (κ2) is 5.72. The molecule has 0 fully saturated rings. The molecule has 2 N–H and O–H groups in total. The fraction of sp³-hybridized carbons (Fsp3) is 0.444. The van der Waals surface area contributed by atoms with E-state index in [1.54, 1.807) is 12.3 Å². The molecule has 0 aliphatic carbocycles. The molecule has 0 unspecified atom stereocenters. The van der Waals surface area contributed by atoms with Gasteiger partial charge in [-0.15, -0.1) is 0 Å². The summed E-state index contributed by atoms with van der Waals surface area (Å²) in [6.07, 6.45) is 2.44. The number of nitrogens with zero attached hydrogens (tertiary/aromatic N) is 1. The van der Waals surface area contributed by atoms with Crippen LogP contribution in [-0.2, 0) is 0 Å². The van der Waals surface area contributed by atoms with Crippen molar-refractivity contribution in [1.82, 2.24) is 4.98 Å². The van der Waals surface area contributed by atoms with Gasteiger partial charge in [-0.1, -0.05) is 11.6 Å². The molecule has 0 amide bonds. The Kier molecular flexibility index (Phi) is 4.91. The maximum absolute atomic E-state index is 8.76. The third-order valence-electron chi connectivity index (χ3n) is 1.79. The summed E-state index contributed by atoms with van der Waals surface area (Å²) in [5.41, 5.74) is 0.964. The Morgan fingerprint density at radius 2 is 2.43 bits per heavy atom. The molecule has 0 aromatic carbocycles. The molecule has 1 rings (SSSR count). The van der Waals surface area contributed by atoms with Crippen LogP contribution >= 0.6 is 34.2 Å². The minimum absolute atomic E-state index is 0.184. The number of hydrogen-bond donors (Lipinski definition) is 2. The maximum Gasteiger partial charge on any atom is 0.131 e. The van der Waals surface area contributed by atoms with E-state index < -0.39 is 0 Å². The minimum Gasteiger partial charge on any atom is -0.396 e. The molecule has 0 aliphatic rings. The first-order valence-corrected chi connectivity index (χ1v) is 5.77. The molecule has 3 nitrogen and oxygen atoms in total. The summed E-state index contributed by atoms with van der Waals surface area (Å²) in [5, 5.41) is 12.5. The van der Waals surface area contributed by atoms with Crippen LogP contribution in [0.1, 0.15) is 13.3 Å². The van der Waals surface area contributed by atoms with Gasteiger partial charge in [-0.25, -0.2) is 4.98 Å². The first-order valence-electron chi connectivity index (χ1n) is 4.32. The van der Waals surface area contributed by atoms with Gasteiger partial charge in [-0.3, -0.25) is 0 Å². The van der Waals surface area contributed by atoms with Crippen LogP contribution in [-0.4, -0.2) is 22.7 Å². The van der Waals surface area contributed by atoms with Crippen LogP contribution in [0.15, 0.2) is 12.3 Å². The molecule has 1 aromatic rings. The zero-order valence-electron chi connectivity index (χ0n) is 7.80. The van der Waals surface area contributed by atoms with E-state index in [-0.39, 0.29) is 12.6 Å². The average Bonchev–Trinajstić information content (AvgIpc) is 2.12. The fourth-order valence-corrected chi connectivity index (χ4v) is 1.66. The van der Waals surface area contributed by atoms with Gasteiger partial charge in [0.05, 0.1) is 9.26 Å². The average molecular weight is 327 g/mol. The van der Waals surface area contributed by atoms with Crippen molar-refractivity contribution in [1.29, 1.82) is 0 Å². The molecule has 0 spiro atoms. The standard InChI is InChI=1S/C9H12ClIN2O/c1-6(2-3-14)13-8-4-9(10)12-5-7(8)11/h4-6,14H,2-3H2,1H3,(H,12,13)/t6-/m0/s1. The molecule has 0 bridgehead atoms. The normalized spacial score (nSPS) is 12.6. The van der Waals surface area contributed by atoms with Gasteiger partial charge in [-0.05, 0) is 42.0 Å². The van der Waals surface area contributed by atoms with Crippen molar-refractivity contribution in [3.63, 3.8) is 0 Å². The number of nitrogens with one attached hydrogen (secondary N) is 1. The Hall–Kier alpha value is -0.0700. The first-order chi connectivity index (χ1) is 6.63. The summed E-state index contributed by atoms with van der Waals surface area (Å²) in [7, 11) is 0. The fourth-order valence-electron chi connectivity index (χ4n) is 1.06. The molecule has 1 heterocycles. The first kappa shape index (κ1) is 12.0. The monoisotopic (exact) mass is 326 g/mol. The van der Waals surface area contributed by atoms with Gasteiger partial charge in [0, 0.05) is 18.8 Å². The summed E-state index contributed by atoms with van der Waals surface area (Å²) in [6.45, 7) is 2.20. The minimum atomic E-state index is 0.184. The number of halogens is 2. The summed E-state index contributed by atoms with van der Waals surface area (Å²) in [4.78, 5) is 3.96. The summed E-state index contributed by atoms with van der Waals surface area (Å²) < 4.78 is 1.02. The van der Waals surface area contributed by atoms with Crippen LogP contribution in [0.3, 0.4) is 0 Å². The van der Waals surface area contributed by atoms with Crippen molar-refractivity contribution in [3.05, 3.63) is 21.0 Å². The Balaban J connectivity index is 2.70. The second-order valence-electron chi connectivity index (χ2n) is 3.04. The predicted molar refractivity (Wildman–Crippen MR) is 66.8 cm³/mol. The van der Waals surface area contributed by atoms with Gasteiger partial charge in [0.15, 0.2) is 0 Å². The number of pyridine rings is 1. The number of anilines is 1. The Bertz CT molecular complexity index is 309. The largest absolute Gasteiger partial charge is 0.396 e. The zero-order valence-corrected chi connectivity index (χ0v) is 10.7. The van der Waals surface area contributed by atoms with Gasteiger partial charge in [-0.2, -0.15) is 0 Å². The molecule has 0 saturated heterocycles. The number of aliphatic hydroxyl groups excluding tert-OH is 1. The van der Waals surface area contributed by atoms with E-state index in [1.165, 1.54) is 0 Å². The van der Waals surface area contributed by atoms with E-state index in [9.17, 15) is 0 Å². The van der Waals surface area contributed by atoms with Crippen molar-refractivity contribution in [3.8, 4) is 0 Å². The number of aliphatic hydroxyl groups is 1. The highest BCUT2D eigenvalue weighted by Gasteiger charge is 2.05. The number of hydrogen-bond acceptors (Lipinski definition) is 3. The molecule has 1 atom stereocenters. The van der Waals surface area contributed by atoms with Crippen molar-refractivity contribution in [2.45, 2.75) is 19.4 Å². The third-order valence-corrected chi connectivity index (χ3v) is 2.85. The van der Waals surface area contributed by atoms with E-state index in [4.69, 9.17) is 16.7 Å². The molecule has 0 saturated carbocycles. The third kappa shape index (κ3) is 3.59. The molecule has 1 aromatic heterocycles. The Labute approximate surface area is 102 Å². The highest BCUT2D eigenvalue weighted by molar-refractivity contribution is 14.1. The molecule has 5 heteroatoms. The quantitative estimate of drug-likeness (QED) is 0.660. The zero-order chi connectivity index (χ0) is 10.6. The molecule has 78 valence electrons. The summed E-state index contributed by atoms with van der Waals surface area (Å²) in [6, 6.07) is 2.02. The van der Waals surface area contributed by atoms with Crippen LogP contribution < -0.4 is 5.32 Å². The molecular formula is C9H12ClIN2O. The molecule has 14 heavy (non-hydrogen) atoms. The van der Waals surface area contributed by atoms with E-state index in [1.807, 2.05) is 6.92 Å². The predicted octanol–water partition coefficient (Wildman–Crippen LogP) is 2.52. The topological polar surface area (TPSA) is 45.1 Å². The van der Waals surface area contributed by atoms with Crippen LogP contribution in [0.4, 0.5) is 5.69 Å². The highest BCUT2D eigenvalue weighted by atomic mass is 127. The van der Waals surface area contributed by atoms with Crippen LogP contribution in [0.5, 0.6) is 0 Å². The van der Waals surface area contributed by atoms with Gasteiger partial charge in [0.25, 0.3) is 0 Å². The van der Waals surface area contributed by atoms with Crippen molar-refractivity contribution >= 4 is 39.9 Å². The number of aromatic nitrogens is 1. The van der Waals surface area contributed by atoms with E-state index >= 15 is 0 Å². The van der Waals surface area contributed by atoms with Gasteiger partial charge in [0.1, 0.15) is 5.15 Å². The maximum atomic E-state index is 8.76. The SMILES string of the molecule is C[C@@H](CCO)Nc1cc(Cl)ncc1I. The van der Waals surface area contributed by atoms with Crippen molar-refractivity contribution in [2.24, 2.45) is 0 Å². The number of rotatable bonds is 4. The van der Waals surface area contributed by atoms with Crippen LogP contribution in [0, 0.1) is 3.57 Å². The molecule has 0 aliphatic heterocycles. The van der Waals surface area contributed by atoms with Crippen molar-refractivity contribution < 1.29 is 5.11 Å². The van der Waals surface area contributed by atoms with Crippen molar-refractivity contribution in [2.75, 3.05) is 11.9 Å². The van der Waals surface area contributed by atoms with Crippen LogP contribution in [0.2, 0.25) is 5.15 Å².